The first-order valence-electron chi connectivity index (χ1n) is 8.18. The summed E-state index contributed by atoms with van der Waals surface area (Å²) in [4.78, 5) is 14.3. The van der Waals surface area contributed by atoms with Crippen LogP contribution >= 0.6 is 0 Å². The van der Waals surface area contributed by atoms with Crippen molar-refractivity contribution >= 4 is 11.6 Å². The van der Waals surface area contributed by atoms with Crippen molar-refractivity contribution in [3.63, 3.8) is 0 Å². The molecule has 0 saturated carbocycles. The maximum atomic E-state index is 12.5. The molecule has 1 amide bonds. The zero-order valence-corrected chi connectivity index (χ0v) is 14.1. The fraction of sp³-hybridized carbons (Fsp3) is 0.588. The number of carbonyl (C=O) groups excluding carboxylic acids is 1. The predicted molar refractivity (Wildman–Crippen MR) is 89.3 cm³/mol. The molecule has 1 aliphatic heterocycles. The second-order valence-electron chi connectivity index (χ2n) is 5.33. The Morgan fingerprint density at radius 3 is 2.61 bits per heavy atom. The van der Waals surface area contributed by atoms with E-state index in [1.165, 1.54) is 0 Å². The summed E-state index contributed by atoms with van der Waals surface area (Å²) in [5.41, 5.74) is 0.770. The Morgan fingerprint density at radius 1 is 1.26 bits per heavy atom. The van der Waals surface area contributed by atoms with Gasteiger partial charge in [-0.15, -0.1) is 0 Å². The number of nitrogens with one attached hydrogen (secondary N) is 1. The van der Waals surface area contributed by atoms with Gasteiger partial charge in [0, 0.05) is 19.2 Å². The Bertz CT molecular complexity index is 515. The zero-order valence-electron chi connectivity index (χ0n) is 14.1. The van der Waals surface area contributed by atoms with Crippen molar-refractivity contribution in [1.82, 2.24) is 4.90 Å². The van der Waals surface area contributed by atoms with Gasteiger partial charge >= 0.3 is 0 Å². The molecule has 1 atom stereocenters. The van der Waals surface area contributed by atoms with Crippen molar-refractivity contribution in [1.29, 1.82) is 0 Å². The highest BCUT2D eigenvalue weighted by molar-refractivity contribution is 5.85. The molecule has 1 aromatic carbocycles. The molecule has 0 bridgehead atoms. The molecule has 1 fully saturated rings. The van der Waals surface area contributed by atoms with Crippen LogP contribution in [0.1, 0.15) is 20.8 Å². The lowest BCUT2D eigenvalue weighted by Crippen LogP contribution is -2.47. The van der Waals surface area contributed by atoms with Crippen molar-refractivity contribution in [3.8, 4) is 11.5 Å². The maximum Gasteiger partial charge on any atom is 0.244 e. The number of amides is 1. The highest BCUT2D eigenvalue weighted by Gasteiger charge is 2.23. The number of hydrogen-bond donors (Lipinski definition) is 1. The molecule has 6 nitrogen and oxygen atoms in total. The predicted octanol–water partition coefficient (Wildman–Crippen LogP) is 2.14. The van der Waals surface area contributed by atoms with E-state index in [0.717, 1.165) is 17.2 Å². The summed E-state index contributed by atoms with van der Waals surface area (Å²) in [5, 5.41) is 3.25. The van der Waals surface area contributed by atoms with Crippen molar-refractivity contribution in [3.05, 3.63) is 18.2 Å². The van der Waals surface area contributed by atoms with E-state index in [4.69, 9.17) is 14.2 Å². The van der Waals surface area contributed by atoms with Crippen LogP contribution < -0.4 is 14.8 Å². The quantitative estimate of drug-likeness (QED) is 0.833. The van der Waals surface area contributed by atoms with E-state index < -0.39 is 0 Å². The normalized spacial score (nSPS) is 15.9. The summed E-state index contributed by atoms with van der Waals surface area (Å²) in [6.07, 6.45) is 0. The topological polar surface area (TPSA) is 60.0 Å². The zero-order chi connectivity index (χ0) is 16.7. The van der Waals surface area contributed by atoms with Crippen molar-refractivity contribution in [2.24, 2.45) is 0 Å². The van der Waals surface area contributed by atoms with Gasteiger partial charge in [-0.1, -0.05) is 0 Å². The molecule has 1 aromatic rings. The molecule has 128 valence electrons. The molecule has 6 heteroatoms. The van der Waals surface area contributed by atoms with Crippen LogP contribution in [-0.4, -0.2) is 56.4 Å². The number of morpholine rings is 1. The first-order chi connectivity index (χ1) is 11.2. The van der Waals surface area contributed by atoms with Gasteiger partial charge in [-0.05, 0) is 32.9 Å². The van der Waals surface area contributed by atoms with Crippen molar-refractivity contribution in [2.45, 2.75) is 26.8 Å². The van der Waals surface area contributed by atoms with Crippen LogP contribution in [0, 0.1) is 0 Å². The second-order valence-corrected chi connectivity index (χ2v) is 5.33. The summed E-state index contributed by atoms with van der Waals surface area (Å²) in [5.74, 6) is 1.54. The first-order valence-corrected chi connectivity index (χ1v) is 8.18. The lowest BCUT2D eigenvalue weighted by atomic mass is 10.2. The molecule has 0 spiro atoms. The van der Waals surface area contributed by atoms with E-state index in [2.05, 4.69) is 5.32 Å². The molecule has 1 heterocycles. The van der Waals surface area contributed by atoms with Gasteiger partial charge in [0.2, 0.25) is 5.91 Å². The summed E-state index contributed by atoms with van der Waals surface area (Å²) < 4.78 is 16.5. The van der Waals surface area contributed by atoms with Crippen LogP contribution in [0.15, 0.2) is 18.2 Å². The highest BCUT2D eigenvalue weighted by Crippen LogP contribution is 2.30. The average molecular weight is 322 g/mol. The molecule has 1 aliphatic rings. The van der Waals surface area contributed by atoms with E-state index >= 15 is 0 Å². The third-order valence-corrected chi connectivity index (χ3v) is 3.63. The number of nitrogens with zero attached hydrogens (tertiary/aromatic N) is 1. The van der Waals surface area contributed by atoms with Gasteiger partial charge in [-0.25, -0.2) is 0 Å². The lowest BCUT2D eigenvalue weighted by Gasteiger charge is -2.30. The number of ether oxygens (including phenoxy) is 3. The summed E-state index contributed by atoms with van der Waals surface area (Å²) in [6, 6.07) is 5.26. The summed E-state index contributed by atoms with van der Waals surface area (Å²) >= 11 is 0. The van der Waals surface area contributed by atoms with Gasteiger partial charge in [0.25, 0.3) is 0 Å². The van der Waals surface area contributed by atoms with Crippen molar-refractivity contribution in [2.75, 3.05) is 44.8 Å². The van der Waals surface area contributed by atoms with Gasteiger partial charge in [0.05, 0.1) is 32.1 Å². The molecular weight excluding hydrogens is 296 g/mol. The molecule has 0 aromatic heterocycles. The van der Waals surface area contributed by atoms with Crippen molar-refractivity contribution < 1.29 is 19.0 Å². The first kappa shape index (κ1) is 17.4. The molecule has 2 rings (SSSR count). The number of anilines is 1. The molecule has 0 unspecified atom stereocenters. The van der Waals surface area contributed by atoms with Gasteiger partial charge in [-0.2, -0.15) is 0 Å². The monoisotopic (exact) mass is 322 g/mol. The largest absolute Gasteiger partial charge is 0.494 e. The van der Waals surface area contributed by atoms with E-state index in [9.17, 15) is 4.79 Å². The number of rotatable bonds is 7. The Hall–Kier alpha value is -1.95. The molecule has 0 radical (unpaired) electrons. The third-order valence-electron chi connectivity index (χ3n) is 3.63. The molecule has 1 N–H and O–H groups in total. The van der Waals surface area contributed by atoms with E-state index in [0.29, 0.717) is 39.5 Å². The highest BCUT2D eigenvalue weighted by atomic mass is 16.5. The minimum Gasteiger partial charge on any atom is -0.494 e. The van der Waals surface area contributed by atoms with Crippen LogP contribution in [-0.2, 0) is 9.53 Å². The van der Waals surface area contributed by atoms with Crippen LogP contribution in [0.25, 0.3) is 0 Å². The smallest absolute Gasteiger partial charge is 0.244 e. The Kier molecular flexibility index (Phi) is 6.52. The average Bonchev–Trinajstić information content (AvgIpc) is 2.57. The summed E-state index contributed by atoms with van der Waals surface area (Å²) in [6.45, 7) is 9.37. The molecule has 0 aliphatic carbocycles. The van der Waals surface area contributed by atoms with Gasteiger partial charge in [0.1, 0.15) is 17.5 Å². The lowest BCUT2D eigenvalue weighted by molar-refractivity contribution is -0.135. The fourth-order valence-corrected chi connectivity index (χ4v) is 2.51. The molecule has 23 heavy (non-hydrogen) atoms. The van der Waals surface area contributed by atoms with Gasteiger partial charge in [0.15, 0.2) is 0 Å². The fourth-order valence-electron chi connectivity index (χ4n) is 2.51. The standard InChI is InChI=1S/C17H26N2O4/c1-4-22-14-6-7-16(23-5-2)15(12-14)18-13(3)17(20)19-8-10-21-11-9-19/h6-7,12-13,18H,4-5,8-11H2,1-3H3/t13-/m0/s1. The second kappa shape index (κ2) is 8.62. The summed E-state index contributed by atoms with van der Waals surface area (Å²) in [7, 11) is 0. The van der Waals surface area contributed by atoms with Crippen LogP contribution in [0.2, 0.25) is 0 Å². The Labute approximate surface area is 137 Å². The maximum absolute atomic E-state index is 12.5. The van der Waals surface area contributed by atoms with Gasteiger partial charge < -0.3 is 24.4 Å². The van der Waals surface area contributed by atoms with Crippen LogP contribution in [0.4, 0.5) is 5.69 Å². The van der Waals surface area contributed by atoms with E-state index in [-0.39, 0.29) is 11.9 Å². The molecular formula is C17H26N2O4. The van der Waals surface area contributed by atoms with Crippen LogP contribution in [0.5, 0.6) is 11.5 Å². The van der Waals surface area contributed by atoms with E-state index in [1.54, 1.807) is 0 Å². The minimum absolute atomic E-state index is 0.0672. The molecule has 1 saturated heterocycles. The third kappa shape index (κ3) is 4.76. The van der Waals surface area contributed by atoms with E-state index in [1.807, 2.05) is 43.9 Å². The minimum atomic E-state index is -0.343. The number of benzene rings is 1. The Morgan fingerprint density at radius 2 is 1.96 bits per heavy atom. The van der Waals surface area contributed by atoms with Gasteiger partial charge in [-0.3, -0.25) is 4.79 Å². The van der Waals surface area contributed by atoms with Crippen LogP contribution in [0.3, 0.4) is 0 Å². The Balaban J connectivity index is 2.09. The number of hydrogen-bond acceptors (Lipinski definition) is 5. The SMILES string of the molecule is CCOc1ccc(OCC)c(N[C@@H](C)C(=O)N2CCOCC2)c1. The number of carbonyl (C=O) groups is 1.